The van der Waals surface area contributed by atoms with Crippen LogP contribution in [0.25, 0.3) is 0 Å². The van der Waals surface area contributed by atoms with Gasteiger partial charge in [0.05, 0.1) is 12.8 Å². The summed E-state index contributed by atoms with van der Waals surface area (Å²) in [6.45, 7) is 1.93. The lowest BCUT2D eigenvalue weighted by Gasteiger charge is -2.12. The minimum Gasteiger partial charge on any atom is -0.495 e. The Morgan fingerprint density at radius 2 is 1.95 bits per heavy atom. The van der Waals surface area contributed by atoms with E-state index < -0.39 is 6.03 Å². The molecule has 5 heteroatoms. The van der Waals surface area contributed by atoms with Gasteiger partial charge in [-0.15, -0.1) is 0 Å². The van der Waals surface area contributed by atoms with Crippen molar-refractivity contribution >= 4 is 23.7 Å². The summed E-state index contributed by atoms with van der Waals surface area (Å²) >= 11 is 0. The lowest BCUT2D eigenvalue weighted by molar-refractivity contribution is 0.112. The smallest absolute Gasteiger partial charge is 0.323 e. The molecule has 0 aliphatic carbocycles. The third-order valence-electron chi connectivity index (χ3n) is 2.88. The van der Waals surface area contributed by atoms with Gasteiger partial charge in [0.25, 0.3) is 0 Å². The van der Waals surface area contributed by atoms with E-state index in [1.54, 1.807) is 37.4 Å². The quantitative estimate of drug-likeness (QED) is 0.845. The standard InChI is InChI=1S/C16H16N2O3/c1-11-6-7-15(21-2)14(8-11)18-16(20)17-13-5-3-4-12(9-13)10-19/h3-10H,1-2H3,(H2,17,18,20). The molecule has 2 amide bonds. The molecule has 0 aliphatic rings. The van der Waals surface area contributed by atoms with Crippen LogP contribution < -0.4 is 15.4 Å². The third kappa shape index (κ3) is 3.82. The minimum absolute atomic E-state index is 0.401. The summed E-state index contributed by atoms with van der Waals surface area (Å²) in [6, 6.07) is 11.8. The fourth-order valence-electron chi connectivity index (χ4n) is 1.89. The van der Waals surface area contributed by atoms with Gasteiger partial charge in [-0.2, -0.15) is 0 Å². The molecule has 0 unspecified atom stereocenters. The van der Waals surface area contributed by atoms with Gasteiger partial charge < -0.3 is 15.4 Å². The summed E-state index contributed by atoms with van der Waals surface area (Å²) in [7, 11) is 1.54. The van der Waals surface area contributed by atoms with Gasteiger partial charge in [0.1, 0.15) is 12.0 Å². The van der Waals surface area contributed by atoms with Crippen molar-refractivity contribution in [2.45, 2.75) is 6.92 Å². The number of carbonyl (C=O) groups is 2. The highest BCUT2D eigenvalue weighted by atomic mass is 16.5. The van der Waals surface area contributed by atoms with Gasteiger partial charge in [0.2, 0.25) is 0 Å². The van der Waals surface area contributed by atoms with Crippen molar-refractivity contribution in [3.8, 4) is 5.75 Å². The van der Waals surface area contributed by atoms with Crippen LogP contribution in [0.5, 0.6) is 5.75 Å². The van der Waals surface area contributed by atoms with Gasteiger partial charge in [0, 0.05) is 11.3 Å². The monoisotopic (exact) mass is 284 g/mol. The Bertz CT molecular complexity index is 668. The summed E-state index contributed by atoms with van der Waals surface area (Å²) in [5, 5.41) is 5.40. The molecule has 0 aromatic heterocycles. The maximum Gasteiger partial charge on any atom is 0.323 e. The number of nitrogens with one attached hydrogen (secondary N) is 2. The van der Waals surface area contributed by atoms with Crippen molar-refractivity contribution in [2.75, 3.05) is 17.7 Å². The Morgan fingerprint density at radius 3 is 2.67 bits per heavy atom. The summed E-state index contributed by atoms with van der Waals surface area (Å²) in [6.07, 6.45) is 0.729. The number of benzene rings is 2. The van der Waals surface area contributed by atoms with Crippen LogP contribution in [0, 0.1) is 6.92 Å². The van der Waals surface area contributed by atoms with E-state index in [0.29, 0.717) is 22.7 Å². The topological polar surface area (TPSA) is 67.4 Å². The average Bonchev–Trinajstić information content (AvgIpc) is 2.47. The summed E-state index contributed by atoms with van der Waals surface area (Å²) in [5.74, 6) is 0.581. The number of aryl methyl sites for hydroxylation is 1. The molecule has 108 valence electrons. The maximum absolute atomic E-state index is 12.0. The van der Waals surface area contributed by atoms with Gasteiger partial charge in [0.15, 0.2) is 0 Å². The molecule has 0 atom stereocenters. The first-order chi connectivity index (χ1) is 10.1. The Balaban J connectivity index is 2.11. The van der Waals surface area contributed by atoms with Crippen molar-refractivity contribution in [1.82, 2.24) is 0 Å². The average molecular weight is 284 g/mol. The van der Waals surface area contributed by atoms with E-state index in [1.165, 1.54) is 0 Å². The molecule has 2 aromatic carbocycles. The molecular formula is C16H16N2O3. The Morgan fingerprint density at radius 1 is 1.14 bits per heavy atom. The normalized spacial score (nSPS) is 9.81. The minimum atomic E-state index is -0.401. The highest BCUT2D eigenvalue weighted by molar-refractivity contribution is 6.01. The highest BCUT2D eigenvalue weighted by Crippen LogP contribution is 2.25. The van der Waals surface area contributed by atoms with Crippen LogP contribution >= 0.6 is 0 Å². The number of aldehydes is 1. The number of urea groups is 1. The first-order valence-corrected chi connectivity index (χ1v) is 6.40. The van der Waals surface area contributed by atoms with E-state index in [-0.39, 0.29) is 0 Å². The second-order valence-electron chi connectivity index (χ2n) is 4.53. The zero-order valence-corrected chi connectivity index (χ0v) is 11.8. The fraction of sp³-hybridized carbons (Fsp3) is 0.125. The van der Waals surface area contributed by atoms with Gasteiger partial charge in [-0.05, 0) is 36.8 Å². The first kappa shape index (κ1) is 14.6. The lowest BCUT2D eigenvalue weighted by Crippen LogP contribution is -2.20. The van der Waals surface area contributed by atoms with Crippen LogP contribution in [-0.4, -0.2) is 19.4 Å². The van der Waals surface area contributed by atoms with E-state index in [2.05, 4.69) is 10.6 Å². The molecule has 0 bridgehead atoms. The molecule has 0 saturated heterocycles. The van der Waals surface area contributed by atoms with Gasteiger partial charge in [-0.1, -0.05) is 18.2 Å². The van der Waals surface area contributed by atoms with E-state index in [1.807, 2.05) is 19.1 Å². The predicted octanol–water partition coefficient (Wildman–Crippen LogP) is 3.46. The fourth-order valence-corrected chi connectivity index (χ4v) is 1.89. The Kier molecular flexibility index (Phi) is 4.56. The van der Waals surface area contributed by atoms with Crippen molar-refractivity contribution < 1.29 is 14.3 Å². The molecule has 21 heavy (non-hydrogen) atoms. The van der Waals surface area contributed by atoms with Crippen molar-refractivity contribution in [1.29, 1.82) is 0 Å². The Hall–Kier alpha value is -2.82. The summed E-state index contributed by atoms with van der Waals surface area (Å²) < 4.78 is 5.20. The zero-order valence-electron chi connectivity index (χ0n) is 11.8. The number of anilines is 2. The molecule has 0 heterocycles. The van der Waals surface area contributed by atoms with Gasteiger partial charge in [-0.25, -0.2) is 4.79 Å². The second-order valence-corrected chi connectivity index (χ2v) is 4.53. The van der Waals surface area contributed by atoms with Crippen LogP contribution in [-0.2, 0) is 0 Å². The van der Waals surface area contributed by atoms with Crippen molar-refractivity contribution in [3.63, 3.8) is 0 Å². The Labute approximate surface area is 122 Å². The predicted molar refractivity (Wildman–Crippen MR) is 82.2 cm³/mol. The second kappa shape index (κ2) is 6.56. The zero-order chi connectivity index (χ0) is 15.2. The van der Waals surface area contributed by atoms with Crippen LogP contribution in [0.15, 0.2) is 42.5 Å². The van der Waals surface area contributed by atoms with E-state index in [9.17, 15) is 9.59 Å². The number of ether oxygens (including phenoxy) is 1. The summed E-state index contributed by atoms with van der Waals surface area (Å²) in [4.78, 5) is 22.7. The molecule has 0 radical (unpaired) electrons. The van der Waals surface area contributed by atoms with Crippen LogP contribution in [0.2, 0.25) is 0 Å². The number of carbonyl (C=O) groups excluding carboxylic acids is 2. The number of amides is 2. The summed E-state index contributed by atoms with van der Waals surface area (Å²) in [5.41, 5.74) is 2.64. The SMILES string of the molecule is COc1ccc(C)cc1NC(=O)Nc1cccc(C=O)c1. The third-order valence-corrected chi connectivity index (χ3v) is 2.88. The molecular weight excluding hydrogens is 268 g/mol. The van der Waals surface area contributed by atoms with Crippen molar-refractivity contribution in [2.24, 2.45) is 0 Å². The molecule has 0 saturated carbocycles. The molecule has 0 spiro atoms. The van der Waals surface area contributed by atoms with Crippen molar-refractivity contribution in [3.05, 3.63) is 53.6 Å². The van der Waals surface area contributed by atoms with E-state index >= 15 is 0 Å². The highest BCUT2D eigenvalue weighted by Gasteiger charge is 2.08. The van der Waals surface area contributed by atoms with Gasteiger partial charge in [-0.3, -0.25) is 4.79 Å². The molecule has 2 aromatic rings. The lowest BCUT2D eigenvalue weighted by atomic mass is 10.2. The molecule has 0 aliphatic heterocycles. The molecule has 2 N–H and O–H groups in total. The van der Waals surface area contributed by atoms with Crippen LogP contribution in [0.4, 0.5) is 16.2 Å². The van der Waals surface area contributed by atoms with E-state index in [0.717, 1.165) is 11.8 Å². The number of hydrogen-bond acceptors (Lipinski definition) is 3. The largest absolute Gasteiger partial charge is 0.495 e. The molecule has 2 rings (SSSR count). The molecule has 0 fully saturated rings. The number of methoxy groups -OCH3 is 1. The maximum atomic E-state index is 12.0. The van der Waals surface area contributed by atoms with Crippen LogP contribution in [0.3, 0.4) is 0 Å². The van der Waals surface area contributed by atoms with E-state index in [4.69, 9.17) is 4.74 Å². The van der Waals surface area contributed by atoms with Gasteiger partial charge >= 0.3 is 6.03 Å². The molecule has 5 nitrogen and oxygen atoms in total. The number of hydrogen-bond donors (Lipinski definition) is 2. The first-order valence-electron chi connectivity index (χ1n) is 6.40. The number of rotatable bonds is 4. The van der Waals surface area contributed by atoms with Crippen LogP contribution in [0.1, 0.15) is 15.9 Å².